The number of nitrogens with one attached hydrogen (secondary N) is 1. The summed E-state index contributed by atoms with van der Waals surface area (Å²) in [6, 6.07) is 12.8. The summed E-state index contributed by atoms with van der Waals surface area (Å²) in [5, 5.41) is 5.72. The highest BCUT2D eigenvalue weighted by Gasteiger charge is 2.20. The van der Waals surface area contributed by atoms with E-state index in [0.717, 1.165) is 21.0 Å². The monoisotopic (exact) mass is 351 g/mol. The van der Waals surface area contributed by atoms with Gasteiger partial charge in [-0.05, 0) is 17.0 Å². The maximum atomic E-state index is 11.9. The smallest absolute Gasteiger partial charge is 0.255 e. The molecule has 122 valence electrons. The van der Waals surface area contributed by atoms with E-state index in [-0.39, 0.29) is 13.1 Å². The molecule has 0 saturated heterocycles. The van der Waals surface area contributed by atoms with Gasteiger partial charge in [0.1, 0.15) is 0 Å². The zero-order valence-corrected chi connectivity index (χ0v) is 14.2. The molecule has 1 amide bonds. The average Bonchev–Trinajstić information content (AvgIpc) is 3.00. The second-order valence-corrected chi connectivity index (χ2v) is 7.79. The number of carbonyl (C=O) groups excluding carboxylic acids is 1. The van der Waals surface area contributed by atoms with E-state index in [4.69, 9.17) is 0 Å². The van der Waals surface area contributed by atoms with Crippen molar-refractivity contribution >= 4 is 33.5 Å². The van der Waals surface area contributed by atoms with Crippen molar-refractivity contribution in [2.45, 2.75) is 6.54 Å². The average molecular weight is 351 g/mol. The first-order valence-electron chi connectivity index (χ1n) is 6.79. The van der Waals surface area contributed by atoms with Crippen LogP contribution in [0, 0.1) is 0 Å². The van der Waals surface area contributed by atoms with Crippen molar-refractivity contribution in [1.82, 2.24) is 9.73 Å². The molecule has 1 aromatic carbocycles. The van der Waals surface area contributed by atoms with Gasteiger partial charge < -0.3 is 0 Å². The molecule has 0 atom stereocenters. The minimum Gasteiger partial charge on any atom is -0.272 e. The van der Waals surface area contributed by atoms with Crippen LogP contribution in [0.5, 0.6) is 0 Å². The number of hydrazone groups is 1. The Morgan fingerprint density at radius 2 is 2.00 bits per heavy atom. The summed E-state index contributed by atoms with van der Waals surface area (Å²) in [7, 11) is -3.50. The third kappa shape index (κ3) is 5.93. The fourth-order valence-corrected chi connectivity index (χ4v) is 3.13. The van der Waals surface area contributed by atoms with E-state index in [2.05, 4.69) is 10.5 Å². The minimum atomic E-state index is -3.50. The molecule has 2 rings (SSSR count). The van der Waals surface area contributed by atoms with Gasteiger partial charge >= 0.3 is 0 Å². The Morgan fingerprint density at radius 1 is 1.26 bits per heavy atom. The van der Waals surface area contributed by atoms with Crippen LogP contribution in [0.4, 0.5) is 0 Å². The van der Waals surface area contributed by atoms with Crippen molar-refractivity contribution in [1.29, 1.82) is 0 Å². The van der Waals surface area contributed by atoms with E-state index >= 15 is 0 Å². The number of sulfonamides is 1. The van der Waals surface area contributed by atoms with Gasteiger partial charge in [-0.15, -0.1) is 11.3 Å². The van der Waals surface area contributed by atoms with Crippen LogP contribution >= 0.6 is 11.3 Å². The van der Waals surface area contributed by atoms with Crippen LogP contribution in [0.2, 0.25) is 0 Å². The zero-order valence-electron chi connectivity index (χ0n) is 12.5. The minimum absolute atomic E-state index is 0.141. The van der Waals surface area contributed by atoms with Gasteiger partial charge in [0.2, 0.25) is 10.0 Å². The zero-order chi connectivity index (χ0) is 16.7. The molecule has 1 aromatic heterocycles. The topological polar surface area (TPSA) is 78.8 Å². The Balaban J connectivity index is 1.96. The van der Waals surface area contributed by atoms with Crippen molar-refractivity contribution in [2.24, 2.45) is 5.10 Å². The predicted molar refractivity (Wildman–Crippen MR) is 91.8 cm³/mol. The van der Waals surface area contributed by atoms with Gasteiger partial charge in [0.25, 0.3) is 5.91 Å². The van der Waals surface area contributed by atoms with Gasteiger partial charge in [-0.1, -0.05) is 36.4 Å². The molecule has 0 fully saturated rings. The summed E-state index contributed by atoms with van der Waals surface area (Å²) < 4.78 is 24.8. The van der Waals surface area contributed by atoms with E-state index in [1.807, 2.05) is 47.8 Å². The molecular weight excluding hydrogens is 334 g/mol. The molecule has 1 N–H and O–H groups in total. The fraction of sp³-hybridized carbons (Fsp3) is 0.200. The van der Waals surface area contributed by atoms with E-state index < -0.39 is 15.9 Å². The van der Waals surface area contributed by atoms with Crippen molar-refractivity contribution in [3.63, 3.8) is 0 Å². The molecule has 1 heterocycles. The number of carbonyl (C=O) groups is 1. The van der Waals surface area contributed by atoms with Crippen molar-refractivity contribution in [3.8, 4) is 0 Å². The van der Waals surface area contributed by atoms with Crippen LogP contribution in [0.3, 0.4) is 0 Å². The molecule has 0 unspecified atom stereocenters. The fourth-order valence-electron chi connectivity index (χ4n) is 1.81. The Labute approximate surface area is 139 Å². The Morgan fingerprint density at radius 3 is 2.61 bits per heavy atom. The van der Waals surface area contributed by atoms with Crippen LogP contribution in [0.15, 0.2) is 52.9 Å². The lowest BCUT2D eigenvalue weighted by atomic mass is 10.2. The number of hydrogen-bond acceptors (Lipinski definition) is 5. The lowest BCUT2D eigenvalue weighted by Crippen LogP contribution is -2.38. The molecule has 0 aliphatic rings. The quantitative estimate of drug-likeness (QED) is 0.609. The van der Waals surface area contributed by atoms with Crippen LogP contribution in [0.25, 0.3) is 0 Å². The molecular formula is C15H17N3O3S2. The second-order valence-electron chi connectivity index (χ2n) is 4.83. The first-order chi connectivity index (χ1) is 10.9. The normalized spacial score (nSPS) is 11.9. The SMILES string of the molecule is CS(=O)(=O)N(CC(=O)N/N=C\c1cccs1)Cc1ccccc1. The number of hydrogen-bond donors (Lipinski definition) is 1. The summed E-state index contributed by atoms with van der Waals surface area (Å²) in [4.78, 5) is 12.8. The lowest BCUT2D eigenvalue weighted by Gasteiger charge is -2.18. The summed E-state index contributed by atoms with van der Waals surface area (Å²) in [6.45, 7) is -0.142. The maximum absolute atomic E-state index is 11.9. The number of amides is 1. The molecule has 0 aliphatic heterocycles. The largest absolute Gasteiger partial charge is 0.272 e. The Bertz CT molecular complexity index is 757. The highest BCUT2D eigenvalue weighted by molar-refractivity contribution is 7.88. The first-order valence-corrected chi connectivity index (χ1v) is 9.52. The predicted octanol–water partition coefficient (Wildman–Crippen LogP) is 1.66. The van der Waals surface area contributed by atoms with E-state index in [0.29, 0.717) is 0 Å². The van der Waals surface area contributed by atoms with Gasteiger partial charge in [-0.25, -0.2) is 13.8 Å². The van der Waals surface area contributed by atoms with E-state index in [9.17, 15) is 13.2 Å². The molecule has 0 bridgehead atoms. The third-order valence-corrected chi connectivity index (χ3v) is 4.92. The standard InChI is InChI=1S/C15H17N3O3S2/c1-23(20,21)18(11-13-6-3-2-4-7-13)12-15(19)17-16-10-14-8-5-9-22-14/h2-10H,11-12H2,1H3,(H,17,19)/b16-10-. The molecule has 0 saturated carbocycles. The van der Waals surface area contributed by atoms with Gasteiger partial charge in [-0.3, -0.25) is 4.79 Å². The van der Waals surface area contributed by atoms with Crippen LogP contribution in [0.1, 0.15) is 10.4 Å². The molecule has 8 heteroatoms. The summed E-state index contributed by atoms with van der Waals surface area (Å²) in [6.07, 6.45) is 2.60. The Kier molecular flexibility index (Phi) is 6.03. The van der Waals surface area contributed by atoms with E-state index in [1.54, 1.807) is 0 Å². The summed E-state index contributed by atoms with van der Waals surface area (Å²) in [5.41, 5.74) is 3.15. The van der Waals surface area contributed by atoms with Crippen LogP contribution < -0.4 is 5.43 Å². The Hall–Kier alpha value is -2.03. The molecule has 0 radical (unpaired) electrons. The summed E-state index contributed by atoms with van der Waals surface area (Å²) in [5.74, 6) is -0.487. The molecule has 0 aliphatic carbocycles. The molecule has 0 spiro atoms. The summed E-state index contributed by atoms with van der Waals surface area (Å²) >= 11 is 1.49. The molecule has 6 nitrogen and oxygen atoms in total. The van der Waals surface area contributed by atoms with Crippen molar-refractivity contribution in [3.05, 3.63) is 58.3 Å². The van der Waals surface area contributed by atoms with Crippen molar-refractivity contribution in [2.75, 3.05) is 12.8 Å². The van der Waals surface area contributed by atoms with Crippen LogP contribution in [-0.2, 0) is 21.4 Å². The van der Waals surface area contributed by atoms with E-state index in [1.165, 1.54) is 17.6 Å². The lowest BCUT2D eigenvalue weighted by molar-refractivity contribution is -0.121. The molecule has 23 heavy (non-hydrogen) atoms. The third-order valence-electron chi connectivity index (χ3n) is 2.91. The maximum Gasteiger partial charge on any atom is 0.255 e. The van der Waals surface area contributed by atoms with Gasteiger partial charge in [-0.2, -0.15) is 9.41 Å². The second kappa shape index (κ2) is 8.00. The van der Waals surface area contributed by atoms with Gasteiger partial charge in [0.05, 0.1) is 19.0 Å². The number of rotatable bonds is 7. The van der Waals surface area contributed by atoms with Gasteiger partial charge in [0.15, 0.2) is 0 Å². The number of benzene rings is 1. The highest BCUT2D eigenvalue weighted by atomic mass is 32.2. The van der Waals surface area contributed by atoms with Gasteiger partial charge in [0, 0.05) is 11.4 Å². The van der Waals surface area contributed by atoms with Crippen LogP contribution in [-0.4, -0.2) is 37.6 Å². The number of thiophene rings is 1. The van der Waals surface area contributed by atoms with Crippen molar-refractivity contribution < 1.29 is 13.2 Å². The highest BCUT2D eigenvalue weighted by Crippen LogP contribution is 2.08. The first kappa shape index (κ1) is 17.3. The number of nitrogens with zero attached hydrogens (tertiary/aromatic N) is 2. The molecule has 2 aromatic rings.